The summed E-state index contributed by atoms with van der Waals surface area (Å²) in [5.74, 6) is 0.803. The maximum absolute atomic E-state index is 5.95. The van der Waals surface area contributed by atoms with Crippen LogP contribution in [-0.2, 0) is 13.0 Å². The summed E-state index contributed by atoms with van der Waals surface area (Å²) in [4.78, 5) is 4.76. The largest absolute Gasteiger partial charge is 0.328 e. The molecule has 0 unspecified atom stereocenters. The third kappa shape index (κ3) is 6.15. The summed E-state index contributed by atoms with van der Waals surface area (Å²) in [5, 5.41) is 3.58. The lowest BCUT2D eigenvalue weighted by molar-refractivity contribution is 0.314. The van der Waals surface area contributed by atoms with E-state index in [1.165, 1.54) is 56.3 Å². The Hall–Kier alpha value is -0.930. The number of nitrogens with two attached hydrogens (primary N) is 1. The molecule has 1 saturated carbocycles. The standard InChI is InChI=1S/C18H31N3/c1-2-3-4-6-17-7-5-8-18(21-17)14-20-13-15-9-11-16(19)12-10-15/h5,7-8,15-16,20H,2-4,6,9-14,19H2,1H3. The predicted molar refractivity (Wildman–Crippen MR) is 89.1 cm³/mol. The van der Waals surface area contributed by atoms with Crippen LogP contribution in [0.15, 0.2) is 18.2 Å². The minimum absolute atomic E-state index is 0.447. The molecule has 0 amide bonds. The molecule has 21 heavy (non-hydrogen) atoms. The fraction of sp³-hybridized carbons (Fsp3) is 0.722. The molecule has 0 radical (unpaired) electrons. The molecule has 3 heteroatoms. The van der Waals surface area contributed by atoms with E-state index >= 15 is 0 Å². The van der Waals surface area contributed by atoms with Crippen molar-refractivity contribution in [1.82, 2.24) is 10.3 Å². The fourth-order valence-corrected chi connectivity index (χ4v) is 3.12. The van der Waals surface area contributed by atoms with Crippen molar-refractivity contribution >= 4 is 0 Å². The summed E-state index contributed by atoms with van der Waals surface area (Å²) in [5.41, 5.74) is 8.37. The molecular weight excluding hydrogens is 258 g/mol. The SMILES string of the molecule is CCCCCc1cccc(CNCC2CCC(N)CC2)n1. The summed E-state index contributed by atoms with van der Waals surface area (Å²) in [6.45, 7) is 4.24. The zero-order valence-electron chi connectivity index (χ0n) is 13.5. The van der Waals surface area contributed by atoms with Gasteiger partial charge in [0.05, 0.1) is 5.69 Å². The molecule has 3 N–H and O–H groups in total. The van der Waals surface area contributed by atoms with Crippen LogP contribution in [0.25, 0.3) is 0 Å². The molecule has 1 aliphatic carbocycles. The van der Waals surface area contributed by atoms with Crippen LogP contribution in [-0.4, -0.2) is 17.6 Å². The first kappa shape index (κ1) is 16.4. The van der Waals surface area contributed by atoms with Gasteiger partial charge < -0.3 is 11.1 Å². The summed E-state index contributed by atoms with van der Waals surface area (Å²) >= 11 is 0. The maximum atomic E-state index is 5.95. The number of unbranched alkanes of at least 4 members (excludes halogenated alkanes) is 2. The predicted octanol–water partition coefficient (Wildman–Crippen LogP) is 3.42. The number of aryl methyl sites for hydroxylation is 1. The van der Waals surface area contributed by atoms with Crippen molar-refractivity contribution in [3.8, 4) is 0 Å². The van der Waals surface area contributed by atoms with Gasteiger partial charge in [-0.05, 0) is 63.1 Å². The van der Waals surface area contributed by atoms with Crippen molar-refractivity contribution in [3.63, 3.8) is 0 Å². The molecule has 0 aromatic carbocycles. The molecule has 0 atom stereocenters. The molecule has 1 aromatic rings. The van der Waals surface area contributed by atoms with Crippen LogP contribution < -0.4 is 11.1 Å². The molecule has 0 saturated heterocycles. The number of pyridine rings is 1. The molecule has 1 heterocycles. The number of aromatic nitrogens is 1. The van der Waals surface area contributed by atoms with E-state index in [2.05, 4.69) is 30.4 Å². The van der Waals surface area contributed by atoms with E-state index in [1.54, 1.807) is 0 Å². The van der Waals surface area contributed by atoms with Gasteiger partial charge in [-0.2, -0.15) is 0 Å². The lowest BCUT2D eigenvalue weighted by Gasteiger charge is -2.26. The molecule has 2 rings (SSSR count). The average molecular weight is 289 g/mol. The van der Waals surface area contributed by atoms with Crippen molar-refractivity contribution in [2.75, 3.05) is 6.54 Å². The Morgan fingerprint density at radius 2 is 1.90 bits per heavy atom. The van der Waals surface area contributed by atoms with E-state index in [1.807, 2.05) is 0 Å². The van der Waals surface area contributed by atoms with Crippen LogP contribution in [0.1, 0.15) is 63.3 Å². The zero-order chi connectivity index (χ0) is 14.9. The van der Waals surface area contributed by atoms with Gasteiger partial charge in [0.15, 0.2) is 0 Å². The van der Waals surface area contributed by atoms with Crippen molar-refractivity contribution < 1.29 is 0 Å². The quantitative estimate of drug-likeness (QED) is 0.721. The average Bonchev–Trinajstić information content (AvgIpc) is 2.50. The number of nitrogens with zero attached hydrogens (tertiary/aromatic N) is 1. The van der Waals surface area contributed by atoms with E-state index in [0.29, 0.717) is 6.04 Å². The summed E-state index contributed by atoms with van der Waals surface area (Å²) < 4.78 is 0. The number of hydrogen-bond acceptors (Lipinski definition) is 3. The molecule has 1 aromatic heterocycles. The smallest absolute Gasteiger partial charge is 0.0544 e. The van der Waals surface area contributed by atoms with Crippen LogP contribution in [0.5, 0.6) is 0 Å². The highest BCUT2D eigenvalue weighted by Crippen LogP contribution is 2.22. The highest BCUT2D eigenvalue weighted by molar-refractivity contribution is 5.11. The van der Waals surface area contributed by atoms with E-state index in [4.69, 9.17) is 10.7 Å². The van der Waals surface area contributed by atoms with E-state index in [0.717, 1.165) is 25.4 Å². The van der Waals surface area contributed by atoms with Gasteiger partial charge in [0, 0.05) is 18.3 Å². The van der Waals surface area contributed by atoms with Crippen LogP contribution in [0.4, 0.5) is 0 Å². The normalized spacial score (nSPS) is 22.4. The van der Waals surface area contributed by atoms with Gasteiger partial charge in [0.1, 0.15) is 0 Å². The first-order valence-electron chi connectivity index (χ1n) is 8.69. The first-order valence-corrected chi connectivity index (χ1v) is 8.69. The Morgan fingerprint density at radius 1 is 1.14 bits per heavy atom. The third-order valence-corrected chi connectivity index (χ3v) is 4.53. The van der Waals surface area contributed by atoms with Crippen molar-refractivity contribution in [1.29, 1.82) is 0 Å². The third-order valence-electron chi connectivity index (χ3n) is 4.53. The molecule has 3 nitrogen and oxygen atoms in total. The van der Waals surface area contributed by atoms with Gasteiger partial charge >= 0.3 is 0 Å². The minimum Gasteiger partial charge on any atom is -0.328 e. The van der Waals surface area contributed by atoms with Crippen LogP contribution in [0.3, 0.4) is 0 Å². The molecule has 1 fully saturated rings. The Kier molecular flexibility index (Phi) is 7.17. The Labute approximate surface area is 129 Å². The van der Waals surface area contributed by atoms with Crippen LogP contribution in [0, 0.1) is 5.92 Å². The van der Waals surface area contributed by atoms with Crippen molar-refractivity contribution in [3.05, 3.63) is 29.6 Å². The highest BCUT2D eigenvalue weighted by atomic mass is 14.9. The molecule has 0 spiro atoms. The highest BCUT2D eigenvalue weighted by Gasteiger charge is 2.17. The molecule has 1 aliphatic rings. The van der Waals surface area contributed by atoms with Gasteiger partial charge in [0.2, 0.25) is 0 Å². The Bertz CT molecular complexity index is 397. The van der Waals surface area contributed by atoms with Crippen LogP contribution >= 0.6 is 0 Å². The van der Waals surface area contributed by atoms with Gasteiger partial charge in [0.25, 0.3) is 0 Å². The van der Waals surface area contributed by atoms with Gasteiger partial charge in [-0.3, -0.25) is 4.98 Å². The van der Waals surface area contributed by atoms with E-state index in [9.17, 15) is 0 Å². The lowest BCUT2D eigenvalue weighted by Crippen LogP contribution is -2.31. The second kappa shape index (κ2) is 9.16. The summed E-state index contributed by atoms with van der Waals surface area (Å²) in [6.07, 6.45) is 9.87. The monoisotopic (exact) mass is 289 g/mol. The summed E-state index contributed by atoms with van der Waals surface area (Å²) in [7, 11) is 0. The number of nitrogens with one attached hydrogen (secondary N) is 1. The van der Waals surface area contributed by atoms with E-state index in [-0.39, 0.29) is 0 Å². The van der Waals surface area contributed by atoms with Crippen molar-refractivity contribution in [2.24, 2.45) is 11.7 Å². The number of hydrogen-bond donors (Lipinski definition) is 2. The van der Waals surface area contributed by atoms with Gasteiger partial charge in [-0.25, -0.2) is 0 Å². The second-order valence-corrected chi connectivity index (χ2v) is 6.49. The minimum atomic E-state index is 0.447. The maximum Gasteiger partial charge on any atom is 0.0544 e. The van der Waals surface area contributed by atoms with Gasteiger partial charge in [-0.1, -0.05) is 25.8 Å². The van der Waals surface area contributed by atoms with Crippen molar-refractivity contribution in [2.45, 2.75) is 70.9 Å². The molecule has 118 valence electrons. The molecule has 0 aliphatic heterocycles. The van der Waals surface area contributed by atoms with Crippen LogP contribution in [0.2, 0.25) is 0 Å². The topological polar surface area (TPSA) is 50.9 Å². The first-order chi connectivity index (χ1) is 10.3. The van der Waals surface area contributed by atoms with Gasteiger partial charge in [-0.15, -0.1) is 0 Å². The fourth-order valence-electron chi connectivity index (χ4n) is 3.12. The Balaban J connectivity index is 1.69. The van der Waals surface area contributed by atoms with E-state index < -0.39 is 0 Å². The number of rotatable bonds is 8. The summed E-state index contributed by atoms with van der Waals surface area (Å²) in [6, 6.07) is 6.88. The lowest BCUT2D eigenvalue weighted by atomic mass is 9.86. The zero-order valence-corrected chi connectivity index (χ0v) is 13.5. The molecule has 0 bridgehead atoms. The second-order valence-electron chi connectivity index (χ2n) is 6.49. The molecular formula is C18H31N3. The Morgan fingerprint density at radius 3 is 2.67 bits per heavy atom.